The van der Waals surface area contributed by atoms with E-state index in [1.54, 1.807) is 6.07 Å². The van der Waals surface area contributed by atoms with E-state index < -0.39 is 5.82 Å². The monoisotopic (exact) mass is 331 g/mol. The molecule has 23 heavy (non-hydrogen) atoms. The van der Waals surface area contributed by atoms with Crippen molar-refractivity contribution in [2.24, 2.45) is 0 Å². The molecule has 0 unspecified atom stereocenters. The third-order valence-electron chi connectivity index (χ3n) is 3.65. The Morgan fingerprint density at radius 2 is 2.04 bits per heavy atom. The second-order valence-electron chi connectivity index (χ2n) is 5.35. The fourth-order valence-corrected chi connectivity index (χ4v) is 2.67. The van der Waals surface area contributed by atoms with Crippen LogP contribution in [0.2, 0.25) is 5.02 Å². The van der Waals surface area contributed by atoms with Crippen LogP contribution in [0, 0.1) is 5.82 Å². The summed E-state index contributed by atoms with van der Waals surface area (Å²) < 4.78 is 19.4. The lowest BCUT2D eigenvalue weighted by Crippen LogP contribution is -2.28. The van der Waals surface area contributed by atoms with Crippen LogP contribution in [-0.2, 0) is 11.2 Å². The number of rotatable bonds is 4. The SMILES string of the molecule is C[C@@H](NC(=O)Cc1c(F)cccc1Cl)c1cc2ccccc2o1. The first-order valence-electron chi connectivity index (χ1n) is 7.25. The molecular weight excluding hydrogens is 317 g/mol. The lowest BCUT2D eigenvalue weighted by molar-refractivity contribution is -0.121. The van der Waals surface area contributed by atoms with Crippen LogP contribution >= 0.6 is 11.6 Å². The second-order valence-corrected chi connectivity index (χ2v) is 5.76. The van der Waals surface area contributed by atoms with E-state index in [1.165, 1.54) is 12.1 Å². The van der Waals surface area contributed by atoms with Gasteiger partial charge >= 0.3 is 0 Å². The summed E-state index contributed by atoms with van der Waals surface area (Å²) in [5, 5.41) is 4.02. The normalized spacial score (nSPS) is 12.3. The largest absolute Gasteiger partial charge is 0.459 e. The summed E-state index contributed by atoms with van der Waals surface area (Å²) in [7, 11) is 0. The van der Waals surface area contributed by atoms with Crippen molar-refractivity contribution >= 4 is 28.5 Å². The van der Waals surface area contributed by atoms with E-state index in [4.69, 9.17) is 16.0 Å². The van der Waals surface area contributed by atoms with Gasteiger partial charge in [-0.15, -0.1) is 0 Å². The fraction of sp³-hybridized carbons (Fsp3) is 0.167. The van der Waals surface area contributed by atoms with E-state index in [-0.39, 0.29) is 29.0 Å². The van der Waals surface area contributed by atoms with Gasteiger partial charge < -0.3 is 9.73 Å². The van der Waals surface area contributed by atoms with Gasteiger partial charge in [-0.2, -0.15) is 0 Å². The van der Waals surface area contributed by atoms with Gasteiger partial charge in [0.15, 0.2) is 0 Å². The number of fused-ring (bicyclic) bond motifs is 1. The number of hydrogen-bond donors (Lipinski definition) is 1. The summed E-state index contributed by atoms with van der Waals surface area (Å²) in [6.45, 7) is 1.82. The number of amides is 1. The molecule has 0 saturated carbocycles. The Kier molecular flexibility index (Phi) is 4.35. The van der Waals surface area contributed by atoms with Gasteiger partial charge in [-0.1, -0.05) is 35.9 Å². The summed E-state index contributed by atoms with van der Waals surface area (Å²) in [4.78, 5) is 12.1. The molecule has 0 aliphatic rings. The molecule has 0 bridgehead atoms. The van der Waals surface area contributed by atoms with Crippen LogP contribution in [-0.4, -0.2) is 5.91 Å². The molecule has 1 amide bonds. The average Bonchev–Trinajstić information content (AvgIpc) is 2.95. The predicted molar refractivity (Wildman–Crippen MR) is 87.9 cm³/mol. The van der Waals surface area contributed by atoms with Crippen LogP contribution < -0.4 is 5.32 Å². The number of para-hydroxylation sites is 1. The summed E-state index contributed by atoms with van der Waals surface area (Å²) in [6.07, 6.45) is -0.115. The number of carbonyl (C=O) groups is 1. The van der Waals surface area contributed by atoms with Crippen molar-refractivity contribution < 1.29 is 13.6 Å². The quantitative estimate of drug-likeness (QED) is 0.756. The van der Waals surface area contributed by atoms with E-state index in [0.717, 1.165) is 11.0 Å². The molecule has 118 valence electrons. The van der Waals surface area contributed by atoms with E-state index in [1.807, 2.05) is 37.3 Å². The number of furan rings is 1. The van der Waals surface area contributed by atoms with Crippen molar-refractivity contribution in [1.82, 2.24) is 5.32 Å². The minimum absolute atomic E-state index is 0.115. The molecule has 3 nitrogen and oxygen atoms in total. The van der Waals surface area contributed by atoms with E-state index in [9.17, 15) is 9.18 Å². The Labute approximate surface area is 138 Å². The van der Waals surface area contributed by atoms with Crippen LogP contribution in [0.4, 0.5) is 4.39 Å². The molecule has 1 atom stereocenters. The summed E-state index contributed by atoms with van der Waals surface area (Å²) in [5.74, 6) is -0.145. The Bertz CT molecular complexity index is 806. The highest BCUT2D eigenvalue weighted by Gasteiger charge is 2.17. The van der Waals surface area contributed by atoms with Gasteiger partial charge in [-0.05, 0) is 31.2 Å². The molecule has 3 rings (SSSR count). The Morgan fingerprint density at radius 1 is 1.26 bits per heavy atom. The smallest absolute Gasteiger partial charge is 0.225 e. The number of halogens is 2. The van der Waals surface area contributed by atoms with Gasteiger partial charge in [0.25, 0.3) is 0 Å². The highest BCUT2D eigenvalue weighted by Crippen LogP contribution is 2.24. The van der Waals surface area contributed by atoms with Gasteiger partial charge in [-0.3, -0.25) is 4.79 Å². The summed E-state index contributed by atoms with van der Waals surface area (Å²) in [5.41, 5.74) is 0.962. The van der Waals surface area contributed by atoms with E-state index in [0.29, 0.717) is 5.76 Å². The first-order valence-corrected chi connectivity index (χ1v) is 7.63. The molecule has 0 fully saturated rings. The highest BCUT2D eigenvalue weighted by molar-refractivity contribution is 6.31. The van der Waals surface area contributed by atoms with Crippen LogP contribution in [0.3, 0.4) is 0 Å². The predicted octanol–water partition coefficient (Wildman–Crippen LogP) is 4.65. The number of nitrogens with one attached hydrogen (secondary N) is 1. The van der Waals surface area contributed by atoms with Crippen molar-refractivity contribution in [2.75, 3.05) is 0 Å². The third kappa shape index (κ3) is 3.37. The van der Waals surface area contributed by atoms with Crippen molar-refractivity contribution in [3.8, 4) is 0 Å². The molecule has 0 spiro atoms. The molecular formula is C18H15ClFNO2. The van der Waals surface area contributed by atoms with Gasteiger partial charge in [0.1, 0.15) is 17.2 Å². The average molecular weight is 332 g/mol. The first-order chi connectivity index (χ1) is 11.0. The number of carbonyl (C=O) groups excluding carboxylic acids is 1. The van der Waals surface area contributed by atoms with Crippen LogP contribution in [0.1, 0.15) is 24.3 Å². The lowest BCUT2D eigenvalue weighted by Gasteiger charge is -2.12. The molecule has 1 heterocycles. The van der Waals surface area contributed by atoms with Crippen LogP contribution in [0.25, 0.3) is 11.0 Å². The second kappa shape index (κ2) is 6.42. The molecule has 0 aliphatic heterocycles. The van der Waals surface area contributed by atoms with E-state index >= 15 is 0 Å². The van der Waals surface area contributed by atoms with Gasteiger partial charge in [-0.25, -0.2) is 4.39 Å². The van der Waals surface area contributed by atoms with Gasteiger partial charge in [0.2, 0.25) is 5.91 Å². The molecule has 1 aromatic heterocycles. The molecule has 0 aliphatic carbocycles. The molecule has 1 N–H and O–H groups in total. The third-order valence-corrected chi connectivity index (χ3v) is 4.00. The number of hydrogen-bond acceptors (Lipinski definition) is 2. The summed E-state index contributed by atoms with van der Waals surface area (Å²) >= 11 is 5.94. The Balaban J connectivity index is 1.72. The van der Waals surface area contributed by atoms with Crippen LogP contribution in [0.15, 0.2) is 52.9 Å². The molecule has 3 aromatic rings. The zero-order valence-corrected chi connectivity index (χ0v) is 13.2. The molecule has 0 radical (unpaired) electrons. The lowest BCUT2D eigenvalue weighted by atomic mass is 10.1. The minimum atomic E-state index is -0.482. The van der Waals surface area contributed by atoms with Crippen LogP contribution in [0.5, 0.6) is 0 Å². The summed E-state index contributed by atoms with van der Waals surface area (Å²) in [6, 6.07) is 13.5. The number of benzene rings is 2. The molecule has 5 heteroatoms. The first kappa shape index (κ1) is 15.6. The zero-order chi connectivity index (χ0) is 16.4. The maximum absolute atomic E-state index is 13.7. The van der Waals surface area contributed by atoms with E-state index in [2.05, 4.69) is 5.32 Å². The van der Waals surface area contributed by atoms with Crippen molar-refractivity contribution in [3.63, 3.8) is 0 Å². The molecule has 2 aromatic carbocycles. The maximum Gasteiger partial charge on any atom is 0.225 e. The Hall–Kier alpha value is -2.33. The van der Waals surface area contributed by atoms with Crippen molar-refractivity contribution in [2.45, 2.75) is 19.4 Å². The van der Waals surface area contributed by atoms with Gasteiger partial charge in [0, 0.05) is 16.0 Å². The Morgan fingerprint density at radius 3 is 2.78 bits per heavy atom. The highest BCUT2D eigenvalue weighted by atomic mass is 35.5. The zero-order valence-electron chi connectivity index (χ0n) is 12.5. The van der Waals surface area contributed by atoms with Gasteiger partial charge in [0.05, 0.1) is 12.5 Å². The molecule has 0 saturated heterocycles. The standard InChI is InChI=1S/C18H15ClFNO2/c1-11(17-9-12-5-2-3-8-16(12)23-17)21-18(22)10-13-14(19)6-4-7-15(13)20/h2-9,11H,10H2,1H3,(H,21,22)/t11-/m1/s1. The topological polar surface area (TPSA) is 42.2 Å². The fourth-order valence-electron chi connectivity index (χ4n) is 2.44. The maximum atomic E-state index is 13.7. The van der Waals surface area contributed by atoms with Crippen molar-refractivity contribution in [3.05, 3.63) is 70.7 Å². The minimum Gasteiger partial charge on any atom is -0.459 e. The van der Waals surface area contributed by atoms with Crippen molar-refractivity contribution in [1.29, 1.82) is 0 Å².